The second kappa shape index (κ2) is 7.65. The van der Waals surface area contributed by atoms with E-state index in [0.29, 0.717) is 11.3 Å². The van der Waals surface area contributed by atoms with Crippen molar-refractivity contribution < 1.29 is 18.8 Å². The van der Waals surface area contributed by atoms with Crippen molar-refractivity contribution in [3.8, 4) is 0 Å². The second-order valence-corrected chi connectivity index (χ2v) is 5.86. The van der Waals surface area contributed by atoms with E-state index in [1.165, 1.54) is 23.8 Å². The van der Waals surface area contributed by atoms with Crippen molar-refractivity contribution in [3.63, 3.8) is 0 Å². The third kappa shape index (κ3) is 4.26. The Hall–Kier alpha value is -3.09. The molecular formula is C18H19N3O4. The Morgan fingerprint density at radius 2 is 1.76 bits per heavy atom. The van der Waals surface area contributed by atoms with Crippen LogP contribution in [0.2, 0.25) is 0 Å². The van der Waals surface area contributed by atoms with Crippen molar-refractivity contribution in [2.45, 2.75) is 32.2 Å². The molecule has 0 unspecified atom stereocenters. The summed E-state index contributed by atoms with van der Waals surface area (Å²) in [5.74, 6) is -1.74. The number of fused-ring (bicyclic) bond motifs is 1. The average Bonchev–Trinajstić information content (AvgIpc) is 3.17. The van der Waals surface area contributed by atoms with Crippen LogP contribution in [0.5, 0.6) is 0 Å². The van der Waals surface area contributed by atoms with Gasteiger partial charge in [0.15, 0.2) is 0 Å². The predicted octanol–water partition coefficient (Wildman–Crippen LogP) is 1.24. The first kappa shape index (κ1) is 16.8. The topological polar surface area (TPSA) is 100 Å². The molecule has 2 aromatic rings. The zero-order chi connectivity index (χ0) is 17.6. The van der Waals surface area contributed by atoms with Gasteiger partial charge >= 0.3 is 11.8 Å². The maximum atomic E-state index is 12.1. The SMILES string of the molecule is O=C(NCc1ccco1)C(=O)NNC(=O)c1ccc2c(c1)CCCC2. The van der Waals surface area contributed by atoms with Crippen LogP contribution in [0.3, 0.4) is 0 Å². The molecule has 0 saturated carbocycles. The molecule has 1 aromatic heterocycles. The van der Waals surface area contributed by atoms with Gasteiger partial charge in [-0.05, 0) is 61.1 Å². The molecule has 25 heavy (non-hydrogen) atoms. The third-order valence-corrected chi connectivity index (χ3v) is 4.11. The maximum Gasteiger partial charge on any atom is 0.327 e. The molecule has 1 aliphatic carbocycles. The highest BCUT2D eigenvalue weighted by Gasteiger charge is 2.16. The van der Waals surface area contributed by atoms with E-state index in [-0.39, 0.29) is 6.54 Å². The molecule has 3 rings (SSSR count). The number of nitrogens with one attached hydrogen (secondary N) is 3. The van der Waals surface area contributed by atoms with E-state index in [4.69, 9.17) is 4.42 Å². The molecule has 0 aliphatic heterocycles. The van der Waals surface area contributed by atoms with Gasteiger partial charge < -0.3 is 9.73 Å². The minimum Gasteiger partial charge on any atom is -0.467 e. The fourth-order valence-corrected chi connectivity index (χ4v) is 2.78. The number of amides is 3. The number of aryl methyl sites for hydroxylation is 2. The molecule has 1 aromatic carbocycles. The van der Waals surface area contributed by atoms with Gasteiger partial charge in [-0.25, -0.2) is 0 Å². The van der Waals surface area contributed by atoms with Crippen LogP contribution in [0.1, 0.15) is 40.1 Å². The average molecular weight is 341 g/mol. The van der Waals surface area contributed by atoms with Crippen LogP contribution in [-0.4, -0.2) is 17.7 Å². The lowest BCUT2D eigenvalue weighted by molar-refractivity contribution is -0.139. The standard InChI is InChI=1S/C18H19N3O4/c22-16(14-8-7-12-4-1-2-5-13(12)10-14)20-21-18(24)17(23)19-11-15-6-3-9-25-15/h3,6-10H,1-2,4-5,11H2,(H,19,23)(H,20,22)(H,21,24). The minimum atomic E-state index is -0.946. The summed E-state index contributed by atoms with van der Waals surface area (Å²) in [6, 6.07) is 8.87. The molecule has 0 fully saturated rings. The van der Waals surface area contributed by atoms with E-state index in [1.807, 2.05) is 12.1 Å². The fourth-order valence-electron chi connectivity index (χ4n) is 2.78. The van der Waals surface area contributed by atoms with Crippen LogP contribution in [0.15, 0.2) is 41.0 Å². The monoisotopic (exact) mass is 341 g/mol. The molecule has 1 aliphatic rings. The van der Waals surface area contributed by atoms with Gasteiger partial charge in [-0.1, -0.05) is 6.07 Å². The summed E-state index contributed by atoms with van der Waals surface area (Å²) in [7, 11) is 0. The number of hydrogen-bond donors (Lipinski definition) is 3. The van der Waals surface area contributed by atoms with E-state index >= 15 is 0 Å². The Morgan fingerprint density at radius 3 is 2.52 bits per heavy atom. The Labute approximate surface area is 144 Å². The Balaban J connectivity index is 1.49. The van der Waals surface area contributed by atoms with Gasteiger partial charge in [-0.3, -0.25) is 25.2 Å². The largest absolute Gasteiger partial charge is 0.467 e. The summed E-state index contributed by atoms with van der Waals surface area (Å²) in [5, 5.41) is 2.39. The number of hydrogen-bond acceptors (Lipinski definition) is 4. The van der Waals surface area contributed by atoms with Crippen LogP contribution < -0.4 is 16.2 Å². The molecule has 0 bridgehead atoms. The Bertz CT molecular complexity index is 784. The number of furan rings is 1. The van der Waals surface area contributed by atoms with E-state index in [1.54, 1.807) is 18.2 Å². The Kier molecular flexibility index (Phi) is 5.13. The lowest BCUT2D eigenvalue weighted by atomic mass is 9.90. The van der Waals surface area contributed by atoms with E-state index in [9.17, 15) is 14.4 Å². The first-order valence-electron chi connectivity index (χ1n) is 8.16. The van der Waals surface area contributed by atoms with Crippen molar-refractivity contribution in [2.75, 3.05) is 0 Å². The molecule has 0 saturated heterocycles. The first-order valence-corrected chi connectivity index (χ1v) is 8.16. The molecule has 3 amide bonds. The second-order valence-electron chi connectivity index (χ2n) is 5.86. The molecule has 7 heteroatoms. The van der Waals surface area contributed by atoms with Crippen LogP contribution in [0, 0.1) is 0 Å². The molecule has 7 nitrogen and oxygen atoms in total. The highest BCUT2D eigenvalue weighted by atomic mass is 16.3. The van der Waals surface area contributed by atoms with E-state index < -0.39 is 17.7 Å². The summed E-state index contributed by atoms with van der Waals surface area (Å²) in [5.41, 5.74) is 7.26. The molecule has 130 valence electrons. The van der Waals surface area contributed by atoms with Crippen molar-refractivity contribution in [1.29, 1.82) is 0 Å². The third-order valence-electron chi connectivity index (χ3n) is 4.11. The molecule has 0 radical (unpaired) electrons. The summed E-state index contributed by atoms with van der Waals surface area (Å²) >= 11 is 0. The van der Waals surface area contributed by atoms with Crippen LogP contribution in [-0.2, 0) is 29.0 Å². The highest BCUT2D eigenvalue weighted by molar-refractivity contribution is 6.35. The molecule has 3 N–H and O–H groups in total. The van der Waals surface area contributed by atoms with Crippen molar-refractivity contribution in [3.05, 3.63) is 59.0 Å². The lowest BCUT2D eigenvalue weighted by Gasteiger charge is -2.16. The highest BCUT2D eigenvalue weighted by Crippen LogP contribution is 2.22. The van der Waals surface area contributed by atoms with Crippen molar-refractivity contribution in [2.24, 2.45) is 0 Å². The summed E-state index contributed by atoms with van der Waals surface area (Å²) in [6.45, 7) is 0.0953. The lowest BCUT2D eigenvalue weighted by Crippen LogP contribution is -2.48. The van der Waals surface area contributed by atoms with E-state index in [2.05, 4.69) is 16.2 Å². The van der Waals surface area contributed by atoms with Gasteiger partial charge in [0.1, 0.15) is 5.76 Å². The van der Waals surface area contributed by atoms with Gasteiger partial charge in [0.25, 0.3) is 5.91 Å². The number of benzene rings is 1. The van der Waals surface area contributed by atoms with Gasteiger partial charge in [-0.15, -0.1) is 0 Å². The molecule has 1 heterocycles. The predicted molar refractivity (Wildman–Crippen MR) is 89.2 cm³/mol. The number of rotatable bonds is 3. The molecular weight excluding hydrogens is 322 g/mol. The van der Waals surface area contributed by atoms with Crippen molar-refractivity contribution >= 4 is 17.7 Å². The summed E-state index contributed by atoms with van der Waals surface area (Å²) < 4.78 is 5.05. The summed E-state index contributed by atoms with van der Waals surface area (Å²) in [6.07, 6.45) is 5.74. The van der Waals surface area contributed by atoms with Gasteiger partial charge in [-0.2, -0.15) is 0 Å². The fraction of sp³-hybridized carbons (Fsp3) is 0.278. The number of hydrazine groups is 1. The minimum absolute atomic E-state index is 0.0953. The maximum absolute atomic E-state index is 12.1. The van der Waals surface area contributed by atoms with Gasteiger partial charge in [0.2, 0.25) is 0 Å². The first-order chi connectivity index (χ1) is 12.1. The van der Waals surface area contributed by atoms with Gasteiger partial charge in [0.05, 0.1) is 12.8 Å². The molecule has 0 atom stereocenters. The van der Waals surface area contributed by atoms with E-state index in [0.717, 1.165) is 19.3 Å². The quantitative estimate of drug-likeness (QED) is 0.577. The zero-order valence-electron chi connectivity index (χ0n) is 13.6. The summed E-state index contributed by atoms with van der Waals surface area (Å²) in [4.78, 5) is 35.5. The number of carbonyl (C=O) groups is 3. The Morgan fingerprint density at radius 1 is 0.960 bits per heavy atom. The van der Waals surface area contributed by atoms with Crippen molar-refractivity contribution in [1.82, 2.24) is 16.2 Å². The smallest absolute Gasteiger partial charge is 0.327 e. The molecule has 0 spiro atoms. The number of carbonyl (C=O) groups excluding carboxylic acids is 3. The normalized spacial score (nSPS) is 12.8. The van der Waals surface area contributed by atoms with Crippen LogP contribution >= 0.6 is 0 Å². The van der Waals surface area contributed by atoms with Gasteiger partial charge in [0, 0.05) is 5.56 Å². The van der Waals surface area contributed by atoms with Crippen LogP contribution in [0.4, 0.5) is 0 Å². The van der Waals surface area contributed by atoms with Crippen LogP contribution in [0.25, 0.3) is 0 Å². The zero-order valence-corrected chi connectivity index (χ0v) is 13.6.